The summed E-state index contributed by atoms with van der Waals surface area (Å²) in [4.78, 5) is 26.9. The third kappa shape index (κ3) is 10.2. The molecule has 2 spiro atoms. The lowest BCUT2D eigenvalue weighted by Gasteiger charge is -2.47. The fourth-order valence-corrected chi connectivity index (χ4v) is 20.6. The molecule has 15 aromatic carbocycles. The smallest absolute Gasteiger partial charge is 0.161 e. The van der Waals surface area contributed by atoms with E-state index in [0.717, 1.165) is 123 Å². The Balaban J connectivity index is 0.612. The Kier molecular flexibility index (Phi) is 15.1. The minimum Gasteiger partial charge on any atom is -0.455 e. The van der Waals surface area contributed by atoms with Gasteiger partial charge in [0.15, 0.2) is 11.6 Å². The van der Waals surface area contributed by atoms with Crippen LogP contribution in [0.5, 0.6) is 0 Å². The van der Waals surface area contributed by atoms with E-state index in [0.29, 0.717) is 11.6 Å². The number of para-hydroxylation sites is 1. The van der Waals surface area contributed by atoms with Crippen molar-refractivity contribution in [2.24, 2.45) is 0 Å². The number of hydrogen-bond donors (Lipinski definition) is 0. The van der Waals surface area contributed by atoms with Gasteiger partial charge in [0.25, 0.3) is 0 Å². The molecule has 117 heavy (non-hydrogen) atoms. The predicted octanol–water partition coefficient (Wildman–Crippen LogP) is 27.2. The van der Waals surface area contributed by atoms with Gasteiger partial charge in [-0.3, -0.25) is 4.98 Å². The van der Waals surface area contributed by atoms with Crippen LogP contribution in [0, 0.1) is 0 Å². The van der Waals surface area contributed by atoms with Gasteiger partial charge in [0.1, 0.15) is 11.2 Å². The van der Waals surface area contributed by atoms with E-state index in [-0.39, 0.29) is 10.8 Å². The zero-order chi connectivity index (χ0) is 77.9. The van der Waals surface area contributed by atoms with Gasteiger partial charge in [-0.15, -0.1) is 0 Å². The second kappa shape index (κ2) is 26.0. The Morgan fingerprint density at radius 1 is 0.205 bits per heavy atom. The lowest BCUT2D eigenvalue weighted by Crippen LogP contribution is -2.40. The molecule has 550 valence electrons. The summed E-state index contributed by atoms with van der Waals surface area (Å²) in [5, 5.41) is 2.08. The van der Waals surface area contributed by atoms with E-state index >= 15 is 0 Å². The Morgan fingerprint density at radius 3 is 1.26 bits per heavy atom. The van der Waals surface area contributed by atoms with E-state index in [2.05, 4.69) is 380 Å². The molecule has 4 aliphatic carbocycles. The largest absolute Gasteiger partial charge is 0.455 e. The minimum atomic E-state index is -0.551. The van der Waals surface area contributed by atoms with Crippen LogP contribution in [0.4, 0.5) is 0 Å². The van der Waals surface area contributed by atoms with Crippen LogP contribution in [-0.2, 0) is 21.7 Å². The summed E-state index contributed by atoms with van der Waals surface area (Å²) in [5.74, 6) is 1.26. The van der Waals surface area contributed by atoms with Gasteiger partial charge in [-0.25, -0.2) is 19.9 Å². The van der Waals surface area contributed by atoms with Crippen molar-refractivity contribution in [3.8, 4) is 135 Å². The normalized spacial score (nSPS) is 14.3. The first-order valence-electron chi connectivity index (χ1n) is 40.5. The summed E-state index contributed by atoms with van der Waals surface area (Å²) in [6.45, 7) is 9.56. The SMILES string of the molecule is CC1(C)c2ccccc2C2(c3ccccc3-c3ccccc32)c2ccc(-c3cccc(-c4nc(-c5ccccc5)cc(-c5ccc(-c6cc(-c7cccc(-c8cc(-c9ccccn9)nc(-c9ccccc9-c9ccc%10c(c9)C9(c%11ccccc%11-c%11ccccc%119)c9ccccc9C%10(C)C)n8)c7)cc7c6oc6ccccc67)cc5)n4)c3)cc21. The van der Waals surface area contributed by atoms with Crippen molar-refractivity contribution >= 4 is 21.9 Å². The van der Waals surface area contributed by atoms with E-state index in [1.165, 1.54) is 89.0 Å². The molecule has 4 heterocycles. The van der Waals surface area contributed by atoms with Gasteiger partial charge in [0.2, 0.25) is 0 Å². The highest BCUT2D eigenvalue weighted by Crippen LogP contribution is 2.65. The molecule has 0 aliphatic heterocycles. The molecule has 19 aromatic rings. The van der Waals surface area contributed by atoms with Crippen molar-refractivity contribution in [2.45, 2.75) is 49.4 Å². The van der Waals surface area contributed by atoms with Crippen molar-refractivity contribution in [3.63, 3.8) is 0 Å². The van der Waals surface area contributed by atoms with Gasteiger partial charge >= 0.3 is 0 Å². The number of hydrogen-bond acceptors (Lipinski definition) is 6. The van der Waals surface area contributed by atoms with Crippen LogP contribution in [0.15, 0.2) is 387 Å². The molecule has 0 amide bonds. The molecular weight excluding hydrogens is 1420 g/mol. The summed E-state index contributed by atoms with van der Waals surface area (Å²) in [5.41, 5.74) is 38.3. The maximum atomic E-state index is 6.92. The third-order valence-electron chi connectivity index (χ3n) is 26.0. The number of benzene rings is 15. The second-order valence-electron chi connectivity index (χ2n) is 32.8. The highest BCUT2D eigenvalue weighted by atomic mass is 16.3. The van der Waals surface area contributed by atoms with Gasteiger partial charge in [0, 0.05) is 61.2 Å². The molecule has 0 unspecified atom stereocenters. The number of furan rings is 1. The Morgan fingerprint density at radius 2 is 0.615 bits per heavy atom. The molecule has 0 bridgehead atoms. The Labute approximate surface area is 679 Å². The third-order valence-corrected chi connectivity index (χ3v) is 26.0. The Hall–Kier alpha value is -14.6. The van der Waals surface area contributed by atoms with Crippen LogP contribution >= 0.6 is 0 Å². The van der Waals surface area contributed by atoms with Crippen LogP contribution in [0.25, 0.3) is 157 Å². The number of nitrogens with zero attached hydrogens (tertiary/aromatic N) is 5. The predicted molar refractivity (Wildman–Crippen MR) is 476 cm³/mol. The van der Waals surface area contributed by atoms with E-state index < -0.39 is 10.8 Å². The molecule has 4 aliphatic rings. The maximum absolute atomic E-state index is 6.92. The standard InChI is InChI=1S/C111H75N5O/c1-108(2)91-45-19-22-48-95(91)111(89-43-17-12-37-81(89)82-38-13-18-44-90(82)111)98-65-74(56-57-93(98)108)78-34-8-9-40-84(78)107-115-102(67-103(116-107)99-49-24-25-59-112-99)75-32-26-31-72(60-75)77-62-85(105-86(63-77)83-39-14-23-50-104(83)117-105)68-51-53-70(54-52-68)101-66-100(69-28-6-5-7-29-69)113-106(114-101)76-33-27-30-71(61-76)73-55-58-96-97(64-73)109(3,4)92-46-20-21-47-94(92)110(96)87-41-15-10-35-79(87)80-36-11-16-42-88(80)110/h5-67H,1-4H3. The fourth-order valence-electron chi connectivity index (χ4n) is 20.6. The molecule has 0 atom stereocenters. The van der Waals surface area contributed by atoms with Crippen LogP contribution in [0.2, 0.25) is 0 Å². The van der Waals surface area contributed by atoms with Crippen LogP contribution in [0.3, 0.4) is 0 Å². The van der Waals surface area contributed by atoms with E-state index in [1.54, 1.807) is 0 Å². The van der Waals surface area contributed by atoms with Crippen molar-refractivity contribution in [2.75, 3.05) is 0 Å². The second-order valence-corrected chi connectivity index (χ2v) is 32.8. The molecule has 0 saturated carbocycles. The molecular formula is C111H75N5O. The fraction of sp³-hybridized carbons (Fsp3) is 0.0721. The molecule has 0 radical (unpaired) electrons. The topological polar surface area (TPSA) is 77.6 Å². The summed E-state index contributed by atoms with van der Waals surface area (Å²) in [6.07, 6.45) is 1.83. The summed E-state index contributed by atoms with van der Waals surface area (Å²) in [7, 11) is 0. The molecule has 23 rings (SSSR count). The zero-order valence-electron chi connectivity index (χ0n) is 65.0. The number of rotatable bonds is 10. The molecule has 0 saturated heterocycles. The van der Waals surface area contributed by atoms with Crippen LogP contribution < -0.4 is 0 Å². The first-order valence-corrected chi connectivity index (χ1v) is 40.5. The minimum absolute atomic E-state index is 0.282. The van der Waals surface area contributed by atoms with Gasteiger partial charge in [-0.2, -0.15) is 0 Å². The van der Waals surface area contributed by atoms with Gasteiger partial charge < -0.3 is 4.42 Å². The van der Waals surface area contributed by atoms with Crippen molar-refractivity contribution < 1.29 is 4.42 Å². The molecule has 4 aromatic heterocycles. The van der Waals surface area contributed by atoms with E-state index in [9.17, 15) is 0 Å². The Bertz CT molecular complexity index is 7240. The average molecular weight is 1490 g/mol. The molecule has 6 heteroatoms. The van der Waals surface area contributed by atoms with Gasteiger partial charge in [-0.05, 0) is 195 Å². The maximum Gasteiger partial charge on any atom is 0.161 e. The summed E-state index contributed by atoms with van der Waals surface area (Å²) < 4.78 is 6.92. The lowest BCUT2D eigenvalue weighted by atomic mass is 9.55. The van der Waals surface area contributed by atoms with Gasteiger partial charge in [0.05, 0.1) is 39.3 Å². The highest BCUT2D eigenvalue weighted by Gasteiger charge is 2.55. The number of fused-ring (bicyclic) bond motifs is 21. The van der Waals surface area contributed by atoms with Crippen LogP contribution in [0.1, 0.15) is 94.5 Å². The van der Waals surface area contributed by atoms with Crippen molar-refractivity contribution in [1.29, 1.82) is 0 Å². The molecule has 0 fully saturated rings. The van der Waals surface area contributed by atoms with E-state index in [4.69, 9.17) is 29.3 Å². The highest BCUT2D eigenvalue weighted by molar-refractivity contribution is 6.11. The van der Waals surface area contributed by atoms with E-state index in [1.807, 2.05) is 30.5 Å². The lowest BCUT2D eigenvalue weighted by molar-refractivity contribution is 0.563. The number of aromatic nitrogens is 5. The average Bonchev–Trinajstić information content (AvgIpc) is 1.58. The molecule has 6 nitrogen and oxygen atoms in total. The van der Waals surface area contributed by atoms with Crippen molar-refractivity contribution in [1.82, 2.24) is 24.9 Å². The zero-order valence-corrected chi connectivity index (χ0v) is 65.0. The number of pyridine rings is 1. The first-order chi connectivity index (χ1) is 57.5. The molecule has 0 N–H and O–H groups in total. The van der Waals surface area contributed by atoms with Crippen molar-refractivity contribution in [3.05, 3.63) is 449 Å². The quantitative estimate of drug-likeness (QED) is 0.136. The van der Waals surface area contributed by atoms with Crippen LogP contribution in [-0.4, -0.2) is 24.9 Å². The summed E-state index contributed by atoms with van der Waals surface area (Å²) in [6, 6.07) is 137. The van der Waals surface area contributed by atoms with Gasteiger partial charge in [-0.1, -0.05) is 337 Å². The monoisotopic (exact) mass is 1490 g/mol. The first kappa shape index (κ1) is 68.0. The summed E-state index contributed by atoms with van der Waals surface area (Å²) >= 11 is 0.